The molecule has 0 radical (unpaired) electrons. The first kappa shape index (κ1) is 13.9. The Morgan fingerprint density at radius 2 is 2.29 bits per heavy atom. The van der Waals surface area contributed by atoms with Gasteiger partial charge < -0.3 is 5.11 Å². The van der Waals surface area contributed by atoms with Crippen molar-refractivity contribution in [2.45, 2.75) is 19.9 Å². The third-order valence-corrected chi connectivity index (χ3v) is 3.74. The topological polar surface area (TPSA) is 87.5 Å². The molecule has 1 rings (SSSR count). The van der Waals surface area contributed by atoms with E-state index in [-0.39, 0.29) is 13.2 Å². The van der Waals surface area contributed by atoms with E-state index in [4.69, 9.17) is 5.11 Å². The van der Waals surface area contributed by atoms with Crippen LogP contribution in [-0.2, 0) is 16.8 Å². The minimum absolute atomic E-state index is 0.0341. The summed E-state index contributed by atoms with van der Waals surface area (Å²) in [7, 11) is -2.10. The number of aliphatic hydroxyl groups is 1. The predicted octanol–water partition coefficient (Wildman–Crippen LogP) is -0.126. The van der Waals surface area contributed by atoms with Gasteiger partial charge in [-0.15, -0.1) is 0 Å². The van der Waals surface area contributed by atoms with Crippen LogP contribution in [0.3, 0.4) is 0 Å². The molecule has 0 fully saturated rings. The van der Waals surface area contributed by atoms with Gasteiger partial charge in [0, 0.05) is 32.9 Å². The minimum atomic E-state index is -3.56. The number of hydrogen-bond acceptors (Lipinski definition) is 4. The number of aromatic nitrogens is 2. The van der Waals surface area contributed by atoms with Crippen LogP contribution in [0.4, 0.5) is 5.69 Å². The van der Waals surface area contributed by atoms with Crippen molar-refractivity contribution in [3.63, 3.8) is 0 Å². The second kappa shape index (κ2) is 5.99. The Kier molecular flexibility index (Phi) is 4.91. The molecule has 7 nitrogen and oxygen atoms in total. The number of hydrogen-bond donors (Lipinski definition) is 2. The Bertz CT molecular complexity index is 443. The van der Waals surface area contributed by atoms with Crippen LogP contribution in [0.5, 0.6) is 0 Å². The molecule has 0 unspecified atom stereocenters. The summed E-state index contributed by atoms with van der Waals surface area (Å²) in [6, 6.07) is 0. The Hall–Kier alpha value is -1.12. The summed E-state index contributed by atoms with van der Waals surface area (Å²) in [6.07, 6.45) is 3.49. The molecule has 0 aromatic carbocycles. The Labute approximate surface area is 101 Å². The Balaban J connectivity index is 2.65. The fourth-order valence-electron chi connectivity index (χ4n) is 1.23. The van der Waals surface area contributed by atoms with E-state index in [0.717, 1.165) is 4.31 Å². The van der Waals surface area contributed by atoms with Gasteiger partial charge in [-0.1, -0.05) is 0 Å². The minimum Gasteiger partial charge on any atom is -0.396 e. The van der Waals surface area contributed by atoms with Crippen molar-refractivity contribution in [2.24, 2.45) is 0 Å². The fraction of sp³-hybridized carbons (Fsp3) is 0.667. The molecule has 0 amide bonds. The van der Waals surface area contributed by atoms with Crippen molar-refractivity contribution in [3.05, 3.63) is 12.4 Å². The lowest BCUT2D eigenvalue weighted by Gasteiger charge is -2.16. The normalized spacial score (nSPS) is 12.0. The van der Waals surface area contributed by atoms with Crippen molar-refractivity contribution >= 4 is 15.9 Å². The quantitative estimate of drug-likeness (QED) is 0.717. The number of aliphatic hydroxyl groups excluding tert-OH is 1. The highest BCUT2D eigenvalue weighted by Gasteiger charge is 2.17. The molecule has 98 valence electrons. The molecular formula is C9H18N4O3S. The second-order valence-electron chi connectivity index (χ2n) is 3.59. The molecule has 0 bridgehead atoms. The van der Waals surface area contributed by atoms with Gasteiger partial charge in [0.1, 0.15) is 0 Å². The third-order valence-electron chi connectivity index (χ3n) is 2.25. The number of nitrogens with one attached hydrogen (secondary N) is 1. The van der Waals surface area contributed by atoms with Crippen molar-refractivity contribution in [2.75, 3.05) is 24.9 Å². The molecule has 0 aliphatic carbocycles. The van der Waals surface area contributed by atoms with E-state index in [1.807, 2.05) is 6.92 Å². The van der Waals surface area contributed by atoms with Crippen LogP contribution in [0.15, 0.2) is 12.4 Å². The first-order valence-electron chi connectivity index (χ1n) is 5.37. The van der Waals surface area contributed by atoms with Crippen molar-refractivity contribution in [1.29, 1.82) is 0 Å². The highest BCUT2D eigenvalue weighted by Crippen LogP contribution is 2.09. The molecule has 0 saturated carbocycles. The molecule has 1 aromatic heterocycles. The lowest BCUT2D eigenvalue weighted by molar-refractivity contribution is 0.276. The third kappa shape index (κ3) is 3.99. The van der Waals surface area contributed by atoms with Gasteiger partial charge in [-0.3, -0.25) is 9.40 Å². The van der Waals surface area contributed by atoms with E-state index in [0.29, 0.717) is 18.7 Å². The van der Waals surface area contributed by atoms with Gasteiger partial charge >= 0.3 is 10.2 Å². The van der Waals surface area contributed by atoms with Gasteiger partial charge in [0.15, 0.2) is 0 Å². The molecule has 1 aromatic rings. The highest BCUT2D eigenvalue weighted by molar-refractivity contribution is 7.90. The summed E-state index contributed by atoms with van der Waals surface area (Å²) in [5.41, 5.74) is 0.433. The monoisotopic (exact) mass is 262 g/mol. The van der Waals surface area contributed by atoms with E-state index < -0.39 is 10.2 Å². The van der Waals surface area contributed by atoms with Crippen LogP contribution < -0.4 is 4.72 Å². The van der Waals surface area contributed by atoms with E-state index in [1.165, 1.54) is 13.2 Å². The van der Waals surface area contributed by atoms with Crippen LogP contribution in [0, 0.1) is 0 Å². The molecule has 0 atom stereocenters. The van der Waals surface area contributed by atoms with E-state index in [9.17, 15) is 8.42 Å². The Morgan fingerprint density at radius 3 is 2.82 bits per heavy atom. The molecule has 8 heteroatoms. The van der Waals surface area contributed by atoms with Crippen molar-refractivity contribution in [1.82, 2.24) is 14.1 Å². The number of rotatable bonds is 7. The summed E-state index contributed by atoms with van der Waals surface area (Å²) in [4.78, 5) is 0. The van der Waals surface area contributed by atoms with Gasteiger partial charge in [0.2, 0.25) is 0 Å². The van der Waals surface area contributed by atoms with Crippen LogP contribution in [0.2, 0.25) is 0 Å². The summed E-state index contributed by atoms with van der Waals surface area (Å²) in [5.74, 6) is 0. The predicted molar refractivity (Wildman–Crippen MR) is 64.8 cm³/mol. The molecule has 17 heavy (non-hydrogen) atoms. The highest BCUT2D eigenvalue weighted by atomic mass is 32.2. The summed E-state index contributed by atoms with van der Waals surface area (Å²) in [5, 5.41) is 12.6. The average Bonchev–Trinajstić information content (AvgIpc) is 2.72. The standard InChI is InChI=1S/C9H18N4O3S/c1-3-13-8-9(7-10-13)11-17(15,16)12(2)5-4-6-14/h7-8,11,14H,3-6H2,1-2H3. The summed E-state index contributed by atoms with van der Waals surface area (Å²) in [6.45, 7) is 2.84. The van der Waals surface area contributed by atoms with Crippen molar-refractivity contribution < 1.29 is 13.5 Å². The number of aryl methyl sites for hydroxylation is 1. The van der Waals surface area contributed by atoms with Crippen molar-refractivity contribution in [3.8, 4) is 0 Å². The molecule has 0 aliphatic heterocycles. The van der Waals surface area contributed by atoms with Crippen LogP contribution in [0.25, 0.3) is 0 Å². The van der Waals surface area contributed by atoms with E-state index in [2.05, 4.69) is 9.82 Å². The zero-order valence-electron chi connectivity index (χ0n) is 10.00. The summed E-state index contributed by atoms with van der Waals surface area (Å²) >= 11 is 0. The molecule has 2 N–H and O–H groups in total. The first-order chi connectivity index (χ1) is 7.99. The lowest BCUT2D eigenvalue weighted by atomic mass is 10.5. The van der Waals surface area contributed by atoms with Gasteiger partial charge in [-0.05, 0) is 13.3 Å². The molecule has 0 aliphatic rings. The van der Waals surface area contributed by atoms with Gasteiger partial charge in [0.05, 0.1) is 11.9 Å². The van der Waals surface area contributed by atoms with Crippen LogP contribution in [0.1, 0.15) is 13.3 Å². The maximum atomic E-state index is 11.8. The zero-order chi connectivity index (χ0) is 12.9. The number of nitrogens with zero attached hydrogens (tertiary/aromatic N) is 3. The molecule has 0 spiro atoms. The van der Waals surface area contributed by atoms with E-state index >= 15 is 0 Å². The Morgan fingerprint density at radius 1 is 1.59 bits per heavy atom. The fourth-order valence-corrected chi connectivity index (χ4v) is 2.16. The largest absolute Gasteiger partial charge is 0.396 e. The maximum absolute atomic E-state index is 11.8. The van der Waals surface area contributed by atoms with Crippen LogP contribution in [-0.4, -0.2) is 47.8 Å². The maximum Gasteiger partial charge on any atom is 0.301 e. The molecule has 0 saturated heterocycles. The summed E-state index contributed by atoms with van der Waals surface area (Å²) < 4.78 is 28.8. The number of anilines is 1. The van der Waals surface area contributed by atoms with Crippen LogP contribution >= 0.6 is 0 Å². The van der Waals surface area contributed by atoms with Gasteiger partial charge in [-0.2, -0.15) is 17.8 Å². The SMILES string of the molecule is CCn1cc(NS(=O)(=O)N(C)CCCO)cn1. The molecular weight excluding hydrogens is 244 g/mol. The molecule has 1 heterocycles. The van der Waals surface area contributed by atoms with Gasteiger partial charge in [0.25, 0.3) is 0 Å². The first-order valence-corrected chi connectivity index (χ1v) is 6.81. The second-order valence-corrected chi connectivity index (χ2v) is 5.37. The zero-order valence-corrected chi connectivity index (χ0v) is 10.8. The average molecular weight is 262 g/mol. The van der Waals surface area contributed by atoms with E-state index in [1.54, 1.807) is 10.9 Å². The lowest BCUT2D eigenvalue weighted by Crippen LogP contribution is -2.33. The smallest absolute Gasteiger partial charge is 0.301 e. The van der Waals surface area contributed by atoms with Gasteiger partial charge in [-0.25, -0.2) is 0 Å².